The normalized spacial score (nSPS) is 28.6. The van der Waals surface area contributed by atoms with Crippen LogP contribution in [0.2, 0.25) is 0 Å². The van der Waals surface area contributed by atoms with Crippen molar-refractivity contribution < 1.29 is 4.21 Å². The zero-order valence-corrected chi connectivity index (χ0v) is 12.0. The van der Waals surface area contributed by atoms with Crippen molar-refractivity contribution in [3.63, 3.8) is 0 Å². The van der Waals surface area contributed by atoms with E-state index < -0.39 is 10.8 Å². The standard InChI is InChI=1S/C13H27NOS/c1-11(16(4)15)7-9-14-12-6-5-8-13(2,3)10-12/h11-12,14H,5-10H2,1-4H3. The van der Waals surface area contributed by atoms with Crippen LogP contribution >= 0.6 is 0 Å². The van der Waals surface area contributed by atoms with Gasteiger partial charge in [0.1, 0.15) is 0 Å². The zero-order valence-electron chi connectivity index (χ0n) is 11.2. The fourth-order valence-electron chi connectivity index (χ4n) is 2.53. The lowest BCUT2D eigenvalue weighted by Crippen LogP contribution is -2.38. The van der Waals surface area contributed by atoms with Crippen LogP contribution in [0.25, 0.3) is 0 Å². The second-order valence-corrected chi connectivity index (χ2v) is 7.81. The van der Waals surface area contributed by atoms with E-state index in [2.05, 4.69) is 26.1 Å². The number of nitrogens with one attached hydrogen (secondary N) is 1. The molecule has 1 saturated carbocycles. The van der Waals surface area contributed by atoms with Crippen LogP contribution < -0.4 is 5.32 Å². The van der Waals surface area contributed by atoms with Gasteiger partial charge in [-0.2, -0.15) is 0 Å². The van der Waals surface area contributed by atoms with Gasteiger partial charge in [0.15, 0.2) is 0 Å². The molecule has 0 aromatic rings. The summed E-state index contributed by atoms with van der Waals surface area (Å²) in [5.74, 6) is 0. The van der Waals surface area contributed by atoms with E-state index in [-0.39, 0.29) is 0 Å². The van der Waals surface area contributed by atoms with Crippen LogP contribution in [0, 0.1) is 5.41 Å². The van der Waals surface area contributed by atoms with Gasteiger partial charge in [-0.25, -0.2) is 0 Å². The summed E-state index contributed by atoms with van der Waals surface area (Å²) in [5.41, 5.74) is 0.509. The van der Waals surface area contributed by atoms with E-state index in [0.717, 1.165) is 13.0 Å². The minimum Gasteiger partial charge on any atom is -0.314 e. The molecule has 0 aromatic carbocycles. The van der Waals surface area contributed by atoms with Crippen LogP contribution in [0.5, 0.6) is 0 Å². The Morgan fingerprint density at radius 1 is 1.50 bits per heavy atom. The summed E-state index contributed by atoms with van der Waals surface area (Å²) in [6.07, 6.45) is 8.14. The lowest BCUT2D eigenvalue weighted by Gasteiger charge is -2.35. The molecule has 0 spiro atoms. The van der Waals surface area contributed by atoms with Gasteiger partial charge in [0.2, 0.25) is 0 Å². The van der Waals surface area contributed by atoms with Crippen LogP contribution in [0.15, 0.2) is 0 Å². The van der Waals surface area contributed by atoms with Crippen molar-refractivity contribution in [1.29, 1.82) is 0 Å². The molecule has 0 bridgehead atoms. The molecule has 3 heteroatoms. The van der Waals surface area contributed by atoms with E-state index in [1.807, 2.05) is 0 Å². The molecule has 1 aliphatic rings. The third kappa shape index (κ3) is 4.96. The van der Waals surface area contributed by atoms with Crippen LogP contribution in [0.1, 0.15) is 52.9 Å². The Balaban J connectivity index is 2.20. The fourth-order valence-corrected chi connectivity index (χ4v) is 2.98. The summed E-state index contributed by atoms with van der Waals surface area (Å²) < 4.78 is 11.2. The minimum absolute atomic E-state index is 0.323. The van der Waals surface area contributed by atoms with Gasteiger partial charge >= 0.3 is 0 Å². The largest absolute Gasteiger partial charge is 0.314 e. The van der Waals surface area contributed by atoms with Crippen LogP contribution in [0.4, 0.5) is 0 Å². The Bertz CT molecular complexity index is 240. The van der Waals surface area contributed by atoms with E-state index >= 15 is 0 Å². The first-order valence-corrected chi connectivity index (χ1v) is 8.08. The monoisotopic (exact) mass is 245 g/mol. The van der Waals surface area contributed by atoms with Gasteiger partial charge in [0, 0.05) is 28.3 Å². The average molecular weight is 245 g/mol. The molecule has 0 aliphatic heterocycles. The molecular formula is C13H27NOS. The summed E-state index contributed by atoms with van der Waals surface area (Å²) in [7, 11) is -0.672. The minimum atomic E-state index is -0.672. The van der Waals surface area contributed by atoms with Crippen molar-refractivity contribution >= 4 is 10.8 Å². The van der Waals surface area contributed by atoms with Crippen molar-refractivity contribution in [3.05, 3.63) is 0 Å². The first-order chi connectivity index (χ1) is 7.41. The molecule has 1 aliphatic carbocycles. The summed E-state index contributed by atoms with van der Waals surface area (Å²) in [6.45, 7) is 7.82. The molecule has 3 unspecified atom stereocenters. The molecule has 1 fully saturated rings. The van der Waals surface area contributed by atoms with E-state index in [1.165, 1.54) is 25.7 Å². The molecule has 0 heterocycles. The molecule has 0 amide bonds. The van der Waals surface area contributed by atoms with Crippen LogP contribution in [-0.2, 0) is 10.8 Å². The molecule has 1 N–H and O–H groups in total. The lowest BCUT2D eigenvalue weighted by molar-refractivity contribution is 0.198. The lowest BCUT2D eigenvalue weighted by atomic mass is 9.75. The second kappa shape index (κ2) is 6.15. The van der Waals surface area contributed by atoms with Gasteiger partial charge in [-0.05, 0) is 37.6 Å². The topological polar surface area (TPSA) is 29.1 Å². The highest BCUT2D eigenvalue weighted by molar-refractivity contribution is 7.84. The van der Waals surface area contributed by atoms with E-state index in [9.17, 15) is 4.21 Å². The van der Waals surface area contributed by atoms with E-state index in [1.54, 1.807) is 6.26 Å². The molecule has 2 nitrogen and oxygen atoms in total. The molecule has 96 valence electrons. The highest BCUT2D eigenvalue weighted by Gasteiger charge is 2.27. The Kier molecular flexibility index (Phi) is 5.45. The first-order valence-electron chi connectivity index (χ1n) is 6.46. The Morgan fingerprint density at radius 2 is 2.19 bits per heavy atom. The van der Waals surface area contributed by atoms with Crippen molar-refractivity contribution in [2.45, 2.75) is 64.2 Å². The first kappa shape index (κ1) is 14.2. The molecule has 3 atom stereocenters. The maximum atomic E-state index is 11.2. The summed E-state index contributed by atoms with van der Waals surface area (Å²) in [4.78, 5) is 0. The maximum Gasteiger partial charge on any atom is 0.0329 e. The van der Waals surface area contributed by atoms with E-state index in [4.69, 9.17) is 0 Å². The molecule has 0 radical (unpaired) electrons. The summed E-state index contributed by atoms with van der Waals surface area (Å²) in [5, 5.41) is 3.95. The molecule has 0 saturated heterocycles. The number of hydrogen-bond acceptors (Lipinski definition) is 2. The smallest absolute Gasteiger partial charge is 0.0329 e. The van der Waals surface area contributed by atoms with Gasteiger partial charge < -0.3 is 5.32 Å². The Hall–Kier alpha value is 0.110. The van der Waals surface area contributed by atoms with Crippen molar-refractivity contribution in [1.82, 2.24) is 5.32 Å². The number of rotatable bonds is 5. The van der Waals surface area contributed by atoms with Crippen molar-refractivity contribution in [2.75, 3.05) is 12.8 Å². The summed E-state index contributed by atoms with van der Waals surface area (Å²) >= 11 is 0. The van der Waals surface area contributed by atoms with Crippen molar-refractivity contribution in [2.24, 2.45) is 5.41 Å². The average Bonchev–Trinajstić information content (AvgIpc) is 2.15. The van der Waals surface area contributed by atoms with Gasteiger partial charge in [-0.3, -0.25) is 4.21 Å². The molecule has 0 aromatic heterocycles. The van der Waals surface area contributed by atoms with Gasteiger partial charge in [-0.15, -0.1) is 0 Å². The van der Waals surface area contributed by atoms with Gasteiger partial charge in [0.25, 0.3) is 0 Å². The zero-order chi connectivity index (χ0) is 12.2. The number of hydrogen-bond donors (Lipinski definition) is 1. The van der Waals surface area contributed by atoms with Gasteiger partial charge in [0.05, 0.1) is 0 Å². The van der Waals surface area contributed by atoms with Crippen LogP contribution in [0.3, 0.4) is 0 Å². The summed E-state index contributed by atoms with van der Waals surface area (Å²) in [6, 6.07) is 0.682. The fraction of sp³-hybridized carbons (Fsp3) is 1.00. The Labute approximate surface area is 103 Å². The Morgan fingerprint density at radius 3 is 2.75 bits per heavy atom. The highest BCUT2D eigenvalue weighted by Crippen LogP contribution is 2.34. The third-order valence-corrected chi connectivity index (χ3v) is 5.12. The SMILES string of the molecule is CC(CCNC1CCCC(C)(C)C1)S(C)=O. The predicted octanol–water partition coefficient (Wildman–Crippen LogP) is 2.70. The molecule has 16 heavy (non-hydrogen) atoms. The third-order valence-electron chi connectivity index (χ3n) is 3.76. The van der Waals surface area contributed by atoms with Gasteiger partial charge in [-0.1, -0.05) is 27.2 Å². The maximum absolute atomic E-state index is 11.2. The molecule has 1 rings (SSSR count). The quantitative estimate of drug-likeness (QED) is 0.807. The van der Waals surface area contributed by atoms with Crippen LogP contribution in [-0.4, -0.2) is 28.3 Å². The predicted molar refractivity (Wildman–Crippen MR) is 72.2 cm³/mol. The van der Waals surface area contributed by atoms with Crippen molar-refractivity contribution in [3.8, 4) is 0 Å². The highest BCUT2D eigenvalue weighted by atomic mass is 32.2. The molecular weight excluding hydrogens is 218 g/mol. The second-order valence-electron chi connectivity index (χ2n) is 6.01. The van der Waals surface area contributed by atoms with E-state index in [0.29, 0.717) is 16.7 Å².